The van der Waals surface area contributed by atoms with Crippen molar-refractivity contribution >= 4 is 40.4 Å². The number of carboxylic acid groups (broad SMARTS) is 4. The summed E-state index contributed by atoms with van der Waals surface area (Å²) in [6.45, 7) is 0. The largest absolute Gasteiger partial charge is 0.478 e. The van der Waals surface area contributed by atoms with E-state index in [1.165, 1.54) is 0 Å². The van der Waals surface area contributed by atoms with E-state index in [1.54, 1.807) is 0 Å². The molecule has 0 aliphatic rings. The molecular weight excluding hydrogens is 468 g/mol. The first kappa shape index (κ1) is 25.3. The van der Waals surface area contributed by atoms with E-state index in [4.69, 9.17) is 20.4 Å². The molecule has 0 saturated carbocycles. The number of rotatable bonds is 6. The highest BCUT2D eigenvalue weighted by Crippen LogP contribution is 2.25. The molecule has 0 saturated heterocycles. The number of carbonyl (C=O) groups is 5. The second kappa shape index (κ2) is 10.7. The van der Waals surface area contributed by atoms with Gasteiger partial charge >= 0.3 is 23.9 Å². The molecule has 0 aliphatic heterocycles. The molecule has 0 fully saturated rings. The van der Waals surface area contributed by atoms with Gasteiger partial charge in [0.25, 0.3) is 0 Å². The lowest BCUT2D eigenvalue weighted by Crippen LogP contribution is -2.10. The van der Waals surface area contributed by atoms with Gasteiger partial charge in [0.15, 0.2) is 5.78 Å². The summed E-state index contributed by atoms with van der Waals surface area (Å²) in [6.07, 6.45) is 0. The predicted molar refractivity (Wildman–Crippen MR) is 128 cm³/mol. The molecule has 0 amide bonds. The summed E-state index contributed by atoms with van der Waals surface area (Å²) in [5.74, 6) is -5.87. The molecule has 4 N–H and O–H groups in total. The Morgan fingerprint density at radius 3 is 0.889 bits per heavy atom. The van der Waals surface area contributed by atoms with Gasteiger partial charge in [-0.2, -0.15) is 0 Å². The Bertz CT molecular complexity index is 1310. The van der Waals surface area contributed by atoms with Crippen LogP contribution in [0.4, 0.5) is 0 Å². The van der Waals surface area contributed by atoms with E-state index in [2.05, 4.69) is 0 Å². The zero-order chi connectivity index (χ0) is 26.4. The number of benzene rings is 4. The SMILES string of the molecule is O=C(O)c1cc2cc(C(=O)O)c(C(=O)O)cc2cc1C(=O)O.O=C(c1ccccc1)c1ccccc1. The van der Waals surface area contributed by atoms with Gasteiger partial charge in [-0.15, -0.1) is 0 Å². The van der Waals surface area contributed by atoms with Crippen molar-refractivity contribution in [3.05, 3.63) is 118 Å². The third-order valence-corrected chi connectivity index (χ3v) is 5.11. The van der Waals surface area contributed by atoms with Crippen LogP contribution in [0.2, 0.25) is 0 Å². The molecular formula is C27H18O9. The highest BCUT2D eigenvalue weighted by molar-refractivity contribution is 6.10. The van der Waals surface area contributed by atoms with Gasteiger partial charge in [-0.1, -0.05) is 60.7 Å². The molecule has 0 unspecified atom stereocenters. The smallest absolute Gasteiger partial charge is 0.336 e. The van der Waals surface area contributed by atoms with E-state index in [9.17, 15) is 24.0 Å². The Morgan fingerprint density at radius 1 is 0.417 bits per heavy atom. The Labute approximate surface area is 203 Å². The number of fused-ring (bicyclic) bond motifs is 1. The summed E-state index contributed by atoms with van der Waals surface area (Å²) in [6, 6.07) is 22.6. The van der Waals surface area contributed by atoms with Crippen LogP contribution in [0.3, 0.4) is 0 Å². The van der Waals surface area contributed by atoms with Crippen molar-refractivity contribution in [2.24, 2.45) is 0 Å². The van der Waals surface area contributed by atoms with Crippen LogP contribution < -0.4 is 0 Å². The predicted octanol–water partition coefficient (Wildman–Crippen LogP) is 4.55. The summed E-state index contributed by atoms with van der Waals surface area (Å²) in [4.78, 5) is 56.2. The van der Waals surface area contributed by atoms with Gasteiger partial charge in [0.1, 0.15) is 0 Å². The molecule has 0 heterocycles. The second-order valence-electron chi connectivity index (χ2n) is 7.42. The zero-order valence-corrected chi connectivity index (χ0v) is 18.4. The van der Waals surface area contributed by atoms with Crippen molar-refractivity contribution in [1.82, 2.24) is 0 Å². The third-order valence-electron chi connectivity index (χ3n) is 5.11. The lowest BCUT2D eigenvalue weighted by Gasteiger charge is -2.08. The van der Waals surface area contributed by atoms with Crippen LogP contribution in [0.15, 0.2) is 84.9 Å². The van der Waals surface area contributed by atoms with Crippen molar-refractivity contribution in [3.63, 3.8) is 0 Å². The van der Waals surface area contributed by atoms with E-state index in [0.717, 1.165) is 35.4 Å². The first-order valence-electron chi connectivity index (χ1n) is 10.3. The molecule has 9 heteroatoms. The van der Waals surface area contributed by atoms with Crippen LogP contribution in [0.5, 0.6) is 0 Å². The summed E-state index contributed by atoms with van der Waals surface area (Å²) < 4.78 is 0. The minimum Gasteiger partial charge on any atom is -0.478 e. The van der Waals surface area contributed by atoms with Gasteiger partial charge in [0.05, 0.1) is 22.3 Å². The molecule has 0 atom stereocenters. The standard InChI is InChI=1S/C14H8O8.C13H10O/c15-11(16)7-1-5-2-9(13(19)20)10(14(21)22)4-6(5)3-8(7)12(17)18;14-13(11-7-3-1-4-8-11)12-9-5-2-6-10-12/h1-4H,(H,15,16)(H,17,18)(H,19,20)(H,21,22);1-10H. The maximum atomic E-state index is 11.8. The fourth-order valence-electron chi connectivity index (χ4n) is 3.40. The van der Waals surface area contributed by atoms with Crippen LogP contribution in [0.1, 0.15) is 57.4 Å². The van der Waals surface area contributed by atoms with Crippen LogP contribution in [0.25, 0.3) is 10.8 Å². The molecule has 0 bridgehead atoms. The zero-order valence-electron chi connectivity index (χ0n) is 18.4. The van der Waals surface area contributed by atoms with Crippen molar-refractivity contribution < 1.29 is 44.4 Å². The average Bonchev–Trinajstić information content (AvgIpc) is 2.87. The van der Waals surface area contributed by atoms with Gasteiger partial charge < -0.3 is 20.4 Å². The van der Waals surface area contributed by atoms with E-state index in [1.807, 2.05) is 60.7 Å². The molecule has 4 aromatic rings. The Kier molecular flexibility index (Phi) is 7.56. The van der Waals surface area contributed by atoms with Gasteiger partial charge in [0.2, 0.25) is 0 Å². The van der Waals surface area contributed by atoms with Crippen molar-refractivity contribution in [2.45, 2.75) is 0 Å². The highest BCUT2D eigenvalue weighted by atomic mass is 16.4. The molecule has 0 spiro atoms. The van der Waals surface area contributed by atoms with Gasteiger partial charge in [-0.05, 0) is 35.0 Å². The maximum absolute atomic E-state index is 11.8. The number of carbonyl (C=O) groups excluding carboxylic acids is 1. The summed E-state index contributed by atoms with van der Waals surface area (Å²) >= 11 is 0. The Morgan fingerprint density at radius 2 is 0.667 bits per heavy atom. The molecule has 0 aromatic heterocycles. The van der Waals surface area contributed by atoms with Gasteiger partial charge in [-0.25, -0.2) is 19.2 Å². The minimum absolute atomic E-state index is 0.0752. The first-order chi connectivity index (χ1) is 17.1. The van der Waals surface area contributed by atoms with E-state index >= 15 is 0 Å². The van der Waals surface area contributed by atoms with Crippen molar-refractivity contribution in [3.8, 4) is 0 Å². The molecule has 4 aromatic carbocycles. The Balaban J connectivity index is 0.000000221. The number of ketones is 1. The van der Waals surface area contributed by atoms with Crippen LogP contribution >= 0.6 is 0 Å². The lowest BCUT2D eigenvalue weighted by molar-refractivity contribution is 0.0651. The van der Waals surface area contributed by atoms with E-state index in [0.29, 0.717) is 0 Å². The molecule has 36 heavy (non-hydrogen) atoms. The minimum atomic E-state index is -1.49. The van der Waals surface area contributed by atoms with Crippen LogP contribution in [-0.2, 0) is 0 Å². The number of carboxylic acids is 4. The average molecular weight is 486 g/mol. The molecule has 4 rings (SSSR count). The first-order valence-corrected chi connectivity index (χ1v) is 10.3. The van der Waals surface area contributed by atoms with Crippen LogP contribution in [-0.4, -0.2) is 50.1 Å². The fraction of sp³-hybridized carbons (Fsp3) is 0. The number of hydrogen-bond donors (Lipinski definition) is 4. The van der Waals surface area contributed by atoms with Crippen molar-refractivity contribution in [2.75, 3.05) is 0 Å². The molecule has 180 valence electrons. The van der Waals surface area contributed by atoms with Crippen molar-refractivity contribution in [1.29, 1.82) is 0 Å². The molecule has 0 aliphatic carbocycles. The van der Waals surface area contributed by atoms with Gasteiger partial charge in [0, 0.05) is 11.1 Å². The van der Waals surface area contributed by atoms with E-state index in [-0.39, 0.29) is 16.6 Å². The van der Waals surface area contributed by atoms with E-state index < -0.39 is 46.1 Å². The third kappa shape index (κ3) is 5.60. The topological polar surface area (TPSA) is 166 Å². The fourth-order valence-corrected chi connectivity index (χ4v) is 3.40. The number of aromatic carboxylic acids is 4. The molecule has 0 radical (unpaired) electrons. The molecule has 9 nitrogen and oxygen atoms in total. The highest BCUT2D eigenvalue weighted by Gasteiger charge is 2.21. The quantitative estimate of drug-likeness (QED) is 0.286. The maximum Gasteiger partial charge on any atom is 0.336 e. The lowest BCUT2D eigenvalue weighted by atomic mass is 9.96. The Hall–Kier alpha value is -5.31. The summed E-state index contributed by atoms with van der Waals surface area (Å²) in [5, 5.41) is 36.3. The summed E-state index contributed by atoms with van der Waals surface area (Å²) in [7, 11) is 0. The van der Waals surface area contributed by atoms with Crippen LogP contribution in [0, 0.1) is 0 Å². The normalized spacial score (nSPS) is 10.1. The second-order valence-corrected chi connectivity index (χ2v) is 7.42. The number of hydrogen-bond acceptors (Lipinski definition) is 5. The van der Waals surface area contributed by atoms with Gasteiger partial charge in [-0.3, -0.25) is 4.79 Å². The monoisotopic (exact) mass is 486 g/mol. The summed E-state index contributed by atoms with van der Waals surface area (Å²) in [5.41, 5.74) is -0.588.